The van der Waals surface area contributed by atoms with Crippen LogP contribution >= 0.6 is 0 Å². The van der Waals surface area contributed by atoms with Crippen molar-refractivity contribution in [1.82, 2.24) is 4.90 Å². The number of hydrogen-bond acceptors (Lipinski definition) is 5. The molecule has 144 valence electrons. The predicted octanol–water partition coefficient (Wildman–Crippen LogP) is 2.85. The molecule has 3 rings (SSSR count). The second-order valence-corrected chi connectivity index (χ2v) is 6.59. The van der Waals surface area contributed by atoms with Crippen LogP contribution in [0.4, 0.5) is 11.4 Å². The maximum atomic E-state index is 12.7. The Morgan fingerprint density at radius 3 is 2.44 bits per heavy atom. The summed E-state index contributed by atoms with van der Waals surface area (Å²) >= 11 is 0. The number of para-hydroxylation sites is 2. The van der Waals surface area contributed by atoms with E-state index in [9.17, 15) is 4.79 Å². The maximum Gasteiger partial charge on any atom is 0.241 e. The van der Waals surface area contributed by atoms with E-state index in [1.807, 2.05) is 49.4 Å². The highest BCUT2D eigenvalue weighted by molar-refractivity contribution is 5.95. The average molecular weight is 369 g/mol. The van der Waals surface area contributed by atoms with Crippen molar-refractivity contribution in [2.75, 3.05) is 50.6 Å². The summed E-state index contributed by atoms with van der Waals surface area (Å²) < 4.78 is 10.6. The van der Waals surface area contributed by atoms with Crippen molar-refractivity contribution in [2.24, 2.45) is 0 Å². The molecule has 0 radical (unpaired) electrons. The van der Waals surface area contributed by atoms with Crippen molar-refractivity contribution in [1.29, 1.82) is 0 Å². The minimum absolute atomic E-state index is 0.0191. The van der Waals surface area contributed by atoms with Crippen LogP contribution in [-0.4, -0.2) is 57.2 Å². The van der Waals surface area contributed by atoms with Gasteiger partial charge in [-0.3, -0.25) is 9.69 Å². The molecule has 2 aromatic carbocycles. The van der Waals surface area contributed by atoms with E-state index in [4.69, 9.17) is 9.47 Å². The van der Waals surface area contributed by atoms with Gasteiger partial charge in [0.05, 0.1) is 25.9 Å². The summed E-state index contributed by atoms with van der Waals surface area (Å²) in [6, 6.07) is 15.3. The van der Waals surface area contributed by atoms with Crippen LogP contribution in [0.1, 0.15) is 6.92 Å². The molecule has 2 aromatic rings. The Morgan fingerprint density at radius 2 is 1.74 bits per heavy atom. The Bertz CT molecular complexity index is 773. The molecule has 0 aromatic heterocycles. The molecule has 1 aliphatic rings. The highest BCUT2D eigenvalue weighted by atomic mass is 16.5. The molecule has 1 heterocycles. The number of hydrogen-bond donors (Lipinski definition) is 1. The summed E-state index contributed by atoms with van der Waals surface area (Å²) in [4.78, 5) is 17.2. The second kappa shape index (κ2) is 8.77. The first-order chi connectivity index (χ1) is 13.1. The van der Waals surface area contributed by atoms with E-state index >= 15 is 0 Å². The third-order valence-corrected chi connectivity index (χ3v) is 5.02. The lowest BCUT2D eigenvalue weighted by atomic mass is 10.2. The number of rotatable bonds is 6. The number of carbonyl (C=O) groups excluding carboxylic acids is 1. The molecule has 1 fully saturated rings. The lowest BCUT2D eigenvalue weighted by molar-refractivity contribution is -0.120. The highest BCUT2D eigenvalue weighted by Gasteiger charge is 2.26. The van der Waals surface area contributed by atoms with E-state index in [0.717, 1.165) is 37.6 Å². The zero-order valence-electron chi connectivity index (χ0n) is 16.1. The van der Waals surface area contributed by atoms with Gasteiger partial charge in [0.25, 0.3) is 0 Å². The number of amides is 1. The fourth-order valence-corrected chi connectivity index (χ4v) is 3.33. The maximum absolute atomic E-state index is 12.7. The molecular formula is C21H27N3O3. The number of methoxy groups -OCH3 is 2. The van der Waals surface area contributed by atoms with Crippen LogP contribution < -0.4 is 19.7 Å². The van der Waals surface area contributed by atoms with Crippen LogP contribution in [-0.2, 0) is 4.79 Å². The van der Waals surface area contributed by atoms with Gasteiger partial charge in [-0.1, -0.05) is 18.2 Å². The Hall–Kier alpha value is -2.73. The lowest BCUT2D eigenvalue weighted by Crippen LogP contribution is -2.52. The Balaban J connectivity index is 1.57. The molecule has 27 heavy (non-hydrogen) atoms. The molecule has 0 aliphatic carbocycles. The normalized spacial score (nSPS) is 15.9. The molecule has 0 bridgehead atoms. The fraction of sp³-hybridized carbons (Fsp3) is 0.381. The summed E-state index contributed by atoms with van der Waals surface area (Å²) in [5.74, 6) is 1.51. The van der Waals surface area contributed by atoms with Gasteiger partial charge in [0.15, 0.2) is 0 Å². The molecule has 1 aliphatic heterocycles. The third-order valence-electron chi connectivity index (χ3n) is 5.02. The summed E-state index contributed by atoms with van der Waals surface area (Å²) in [5, 5.41) is 2.98. The van der Waals surface area contributed by atoms with Crippen molar-refractivity contribution >= 4 is 17.3 Å². The molecule has 6 nitrogen and oxygen atoms in total. The summed E-state index contributed by atoms with van der Waals surface area (Å²) in [7, 11) is 3.28. The van der Waals surface area contributed by atoms with Crippen LogP contribution in [0, 0.1) is 0 Å². The van der Waals surface area contributed by atoms with E-state index in [1.54, 1.807) is 14.2 Å². The molecular weight excluding hydrogens is 342 g/mol. The summed E-state index contributed by atoms with van der Waals surface area (Å²) in [5.41, 5.74) is 1.85. The minimum atomic E-state index is -0.206. The Morgan fingerprint density at radius 1 is 1.00 bits per heavy atom. The van der Waals surface area contributed by atoms with E-state index in [1.165, 1.54) is 0 Å². The van der Waals surface area contributed by atoms with Gasteiger partial charge in [-0.2, -0.15) is 0 Å². The van der Waals surface area contributed by atoms with Crippen molar-refractivity contribution in [3.05, 3.63) is 48.5 Å². The number of nitrogens with zero attached hydrogens (tertiary/aromatic N) is 2. The molecule has 0 spiro atoms. The highest BCUT2D eigenvalue weighted by Crippen LogP contribution is 2.25. The monoisotopic (exact) mass is 369 g/mol. The van der Waals surface area contributed by atoms with Gasteiger partial charge in [-0.25, -0.2) is 0 Å². The van der Waals surface area contributed by atoms with Gasteiger partial charge >= 0.3 is 0 Å². The van der Waals surface area contributed by atoms with Crippen molar-refractivity contribution in [2.45, 2.75) is 13.0 Å². The predicted molar refractivity (Wildman–Crippen MR) is 108 cm³/mol. The number of nitrogens with one attached hydrogen (secondary N) is 1. The van der Waals surface area contributed by atoms with E-state index in [-0.39, 0.29) is 11.9 Å². The molecule has 6 heteroatoms. The molecule has 1 N–H and O–H groups in total. The summed E-state index contributed by atoms with van der Waals surface area (Å²) in [6.07, 6.45) is 0. The van der Waals surface area contributed by atoms with E-state index in [2.05, 4.69) is 21.2 Å². The smallest absolute Gasteiger partial charge is 0.241 e. The third kappa shape index (κ3) is 4.52. The first-order valence-electron chi connectivity index (χ1n) is 9.19. The van der Waals surface area contributed by atoms with Crippen LogP contribution in [0.2, 0.25) is 0 Å². The number of carbonyl (C=O) groups is 1. The number of piperazine rings is 1. The molecule has 0 unspecified atom stereocenters. The average Bonchev–Trinajstić information content (AvgIpc) is 2.73. The Labute approximate surface area is 160 Å². The van der Waals surface area contributed by atoms with Gasteiger partial charge < -0.3 is 19.7 Å². The fourth-order valence-electron chi connectivity index (χ4n) is 3.33. The van der Waals surface area contributed by atoms with E-state index < -0.39 is 0 Å². The van der Waals surface area contributed by atoms with Gasteiger partial charge in [-0.05, 0) is 31.2 Å². The topological polar surface area (TPSA) is 54.0 Å². The summed E-state index contributed by atoms with van der Waals surface area (Å²) in [6.45, 7) is 5.36. The molecule has 1 atom stereocenters. The van der Waals surface area contributed by atoms with Gasteiger partial charge in [0.2, 0.25) is 5.91 Å². The number of anilines is 2. The second-order valence-electron chi connectivity index (χ2n) is 6.59. The minimum Gasteiger partial charge on any atom is -0.497 e. The van der Waals surface area contributed by atoms with Crippen molar-refractivity contribution in [3.63, 3.8) is 0 Å². The Kier molecular flexibility index (Phi) is 6.19. The van der Waals surface area contributed by atoms with Gasteiger partial charge in [0.1, 0.15) is 11.5 Å². The largest absolute Gasteiger partial charge is 0.497 e. The lowest BCUT2D eigenvalue weighted by Gasteiger charge is -2.38. The van der Waals surface area contributed by atoms with Crippen LogP contribution in [0.3, 0.4) is 0 Å². The standard InChI is InChI=1S/C21H27N3O3/c1-16(21(25)22-19-9-4-5-10-20(19)27-3)23-11-13-24(14-12-23)17-7-6-8-18(15-17)26-2/h4-10,15-16H,11-14H2,1-3H3,(H,22,25)/t16-/m0/s1. The molecule has 0 saturated carbocycles. The number of ether oxygens (including phenoxy) is 2. The zero-order valence-corrected chi connectivity index (χ0v) is 16.1. The van der Waals surface area contributed by atoms with Crippen LogP contribution in [0.25, 0.3) is 0 Å². The first-order valence-corrected chi connectivity index (χ1v) is 9.19. The number of benzene rings is 2. The van der Waals surface area contributed by atoms with E-state index in [0.29, 0.717) is 11.4 Å². The molecule has 1 amide bonds. The van der Waals surface area contributed by atoms with Crippen LogP contribution in [0.15, 0.2) is 48.5 Å². The molecule has 1 saturated heterocycles. The first kappa shape index (κ1) is 19.0. The van der Waals surface area contributed by atoms with Gasteiger partial charge in [0, 0.05) is 37.9 Å². The SMILES string of the molecule is COc1cccc(N2CCN([C@@H](C)C(=O)Nc3ccccc3OC)CC2)c1. The van der Waals surface area contributed by atoms with Crippen molar-refractivity contribution in [3.8, 4) is 11.5 Å². The van der Waals surface area contributed by atoms with Crippen molar-refractivity contribution < 1.29 is 14.3 Å². The zero-order chi connectivity index (χ0) is 19.2. The van der Waals surface area contributed by atoms with Gasteiger partial charge in [-0.15, -0.1) is 0 Å². The quantitative estimate of drug-likeness (QED) is 0.849. The van der Waals surface area contributed by atoms with Crippen LogP contribution in [0.5, 0.6) is 11.5 Å².